The van der Waals surface area contributed by atoms with Crippen molar-refractivity contribution in [2.45, 2.75) is 0 Å². The molecule has 0 atom stereocenters. The molecule has 0 fully saturated rings. The van der Waals surface area contributed by atoms with Crippen molar-refractivity contribution in [3.8, 4) is 0 Å². The Morgan fingerprint density at radius 2 is 1.22 bits per heavy atom. The van der Waals surface area contributed by atoms with E-state index in [-0.39, 0.29) is 0 Å². The average molecular weight is 273 g/mol. The van der Waals surface area contributed by atoms with Crippen molar-refractivity contribution in [1.29, 1.82) is 0 Å². The first-order valence-corrected chi connectivity index (χ1v) is 9.24. The van der Waals surface area contributed by atoms with E-state index in [0.29, 0.717) is 0 Å². The molecule has 0 heterocycles. The topological polar surface area (TPSA) is 0 Å². The van der Waals surface area contributed by atoms with Crippen molar-refractivity contribution in [1.82, 2.24) is 0 Å². The van der Waals surface area contributed by atoms with Crippen molar-refractivity contribution in [2.75, 3.05) is 0 Å². The van der Waals surface area contributed by atoms with Gasteiger partial charge in [-0.3, -0.25) is 0 Å². The van der Waals surface area contributed by atoms with Crippen LogP contribution in [-0.4, -0.2) is 11.0 Å². The molecule has 0 aliphatic rings. The zero-order valence-corrected chi connectivity index (χ0v) is 8.97. The molecule has 0 saturated heterocycles. The fourth-order valence-corrected chi connectivity index (χ4v) is 4.80. The van der Waals surface area contributed by atoms with Gasteiger partial charge in [0.1, 0.15) is 0 Å². The van der Waals surface area contributed by atoms with Gasteiger partial charge in [-0.1, -0.05) is 0 Å². The van der Waals surface area contributed by atoms with Gasteiger partial charge in [-0.15, -0.1) is 0 Å². The number of hydrogen-bond acceptors (Lipinski definition) is 0. The zero-order valence-electron chi connectivity index (χ0n) is 4.23. The second-order valence-corrected chi connectivity index (χ2v) is 11.2. The molecule has 0 aromatic carbocycles. The van der Waals surface area contributed by atoms with Gasteiger partial charge >= 0.3 is 75.4 Å². The van der Waals surface area contributed by atoms with Crippen molar-refractivity contribution in [3.63, 3.8) is 0 Å². The molecule has 0 aromatic heterocycles. The van der Waals surface area contributed by atoms with Gasteiger partial charge < -0.3 is 0 Å². The molecular weight excluding hydrogens is 269 g/mol. The molecule has 0 N–H and O–H groups in total. The first-order chi connectivity index (χ1) is 4.12. The Bertz CT molecular complexity index is 115. The van der Waals surface area contributed by atoms with E-state index in [1.165, 1.54) is 11.1 Å². The van der Waals surface area contributed by atoms with E-state index in [1.807, 2.05) is 0 Å². The summed E-state index contributed by atoms with van der Waals surface area (Å²) in [5.41, 5.74) is 2.60. The van der Waals surface area contributed by atoms with E-state index in [4.69, 9.17) is 43.4 Å². The summed E-state index contributed by atoms with van der Waals surface area (Å²) in [6.07, 6.45) is 0. The van der Waals surface area contributed by atoms with E-state index < -0.39 is 11.0 Å². The van der Waals surface area contributed by atoms with Crippen LogP contribution < -0.4 is 0 Å². The summed E-state index contributed by atoms with van der Waals surface area (Å²) in [5, 5.41) is 0. The Hall–Kier alpha value is 1.16. The number of rotatable bonds is 2. The zero-order chi connectivity index (χ0) is 7.33. The molecule has 0 nitrogen and oxygen atoms in total. The molecular formula is C4H4Cl4Se. The molecule has 0 aliphatic heterocycles. The maximum absolute atomic E-state index is 5.72. The molecule has 0 aliphatic carbocycles. The summed E-state index contributed by atoms with van der Waals surface area (Å²) in [4.78, 5) is 3.11. The summed E-state index contributed by atoms with van der Waals surface area (Å²) in [6, 6.07) is 0. The van der Waals surface area contributed by atoms with Gasteiger partial charge in [0.05, 0.1) is 0 Å². The van der Waals surface area contributed by atoms with Crippen LogP contribution in [0.15, 0.2) is 21.0 Å². The van der Waals surface area contributed by atoms with Crippen LogP contribution in [0.2, 0.25) is 0 Å². The Labute approximate surface area is 75.1 Å². The second kappa shape index (κ2) is 4.90. The quantitative estimate of drug-likeness (QED) is 0.675. The minimum atomic E-state index is -2.55. The Kier molecular flexibility index (Phi) is 5.53. The van der Waals surface area contributed by atoms with Crippen LogP contribution in [0, 0.1) is 0 Å². The Morgan fingerprint density at radius 1 is 0.889 bits per heavy atom. The van der Waals surface area contributed by atoms with Crippen molar-refractivity contribution in [3.05, 3.63) is 21.0 Å². The van der Waals surface area contributed by atoms with Gasteiger partial charge in [0.25, 0.3) is 0 Å². The summed E-state index contributed by atoms with van der Waals surface area (Å²) >= 11 is 7.92. The first kappa shape index (κ1) is 10.2. The maximum atomic E-state index is 5.72. The molecule has 54 valence electrons. The van der Waals surface area contributed by atoms with Gasteiger partial charge in [0.15, 0.2) is 0 Å². The van der Waals surface area contributed by atoms with Crippen LogP contribution in [0.1, 0.15) is 0 Å². The normalized spacial score (nSPS) is 15.6. The van der Waals surface area contributed by atoms with Crippen LogP contribution >= 0.6 is 43.4 Å². The van der Waals surface area contributed by atoms with Gasteiger partial charge in [0.2, 0.25) is 0 Å². The molecule has 0 rings (SSSR count). The molecule has 0 unspecified atom stereocenters. The summed E-state index contributed by atoms with van der Waals surface area (Å²) in [7, 11) is 11.4. The third-order valence-corrected chi connectivity index (χ3v) is 5.63. The van der Waals surface area contributed by atoms with Crippen molar-refractivity contribution >= 4 is 54.4 Å². The SMILES string of the molecule is ClC=C[Se](Cl)(Cl)C=CCl. The molecule has 0 aromatic rings. The van der Waals surface area contributed by atoms with Crippen LogP contribution in [0.3, 0.4) is 0 Å². The number of halogens is 4. The third-order valence-electron chi connectivity index (χ3n) is 0.466. The van der Waals surface area contributed by atoms with Gasteiger partial charge in [-0.25, -0.2) is 0 Å². The average Bonchev–Trinajstić information content (AvgIpc) is 1.64. The van der Waals surface area contributed by atoms with Crippen LogP contribution in [0.25, 0.3) is 0 Å². The van der Waals surface area contributed by atoms with Gasteiger partial charge in [-0.05, 0) is 0 Å². The van der Waals surface area contributed by atoms with E-state index in [9.17, 15) is 0 Å². The van der Waals surface area contributed by atoms with Crippen LogP contribution in [0.4, 0.5) is 0 Å². The fourth-order valence-electron chi connectivity index (χ4n) is 0.183. The third kappa shape index (κ3) is 5.60. The van der Waals surface area contributed by atoms with E-state index in [1.54, 1.807) is 9.95 Å². The molecule has 0 spiro atoms. The predicted molar refractivity (Wildman–Crippen MR) is 47.4 cm³/mol. The molecule has 0 amide bonds. The first-order valence-electron chi connectivity index (χ1n) is 1.88. The predicted octanol–water partition coefficient (Wildman–Crippen LogP) is 3.49. The summed E-state index contributed by atoms with van der Waals surface area (Å²) in [5.74, 6) is 0. The molecule has 0 radical (unpaired) electrons. The van der Waals surface area contributed by atoms with Crippen LogP contribution in [0.5, 0.6) is 0 Å². The van der Waals surface area contributed by atoms with Gasteiger partial charge in [-0.2, -0.15) is 0 Å². The van der Waals surface area contributed by atoms with E-state index in [2.05, 4.69) is 0 Å². The molecule has 5 heteroatoms. The number of hydrogen-bond donors (Lipinski definition) is 0. The molecule has 0 bridgehead atoms. The minimum absolute atomic E-state index is 1.30. The Morgan fingerprint density at radius 3 is 1.44 bits per heavy atom. The van der Waals surface area contributed by atoms with Gasteiger partial charge in [0, 0.05) is 0 Å². The van der Waals surface area contributed by atoms with Crippen molar-refractivity contribution in [2.24, 2.45) is 0 Å². The summed E-state index contributed by atoms with van der Waals surface area (Å²) < 4.78 is 0. The second-order valence-electron chi connectivity index (χ2n) is 1.07. The standard InChI is InChI=1S/C4H4Cl4Se/c5-1-3-9(7,8)4-2-6/h1-4H. The molecule has 0 saturated carbocycles. The molecule has 9 heavy (non-hydrogen) atoms. The van der Waals surface area contributed by atoms with Crippen LogP contribution in [-0.2, 0) is 0 Å². The van der Waals surface area contributed by atoms with Crippen molar-refractivity contribution < 1.29 is 0 Å². The van der Waals surface area contributed by atoms with E-state index >= 15 is 0 Å². The summed E-state index contributed by atoms with van der Waals surface area (Å²) in [6.45, 7) is 0. The monoisotopic (exact) mass is 272 g/mol. The Balaban J connectivity index is 4.01. The van der Waals surface area contributed by atoms with E-state index in [0.717, 1.165) is 0 Å². The fraction of sp³-hybridized carbons (Fsp3) is 0.